The predicted molar refractivity (Wildman–Crippen MR) is 70.7 cm³/mol. The van der Waals surface area contributed by atoms with Crippen molar-refractivity contribution in [1.29, 1.82) is 0 Å². The van der Waals surface area contributed by atoms with Crippen molar-refractivity contribution >= 4 is 15.9 Å². The molecule has 1 aliphatic rings. The van der Waals surface area contributed by atoms with Gasteiger partial charge in [-0.25, -0.2) is 9.37 Å². The van der Waals surface area contributed by atoms with Gasteiger partial charge in [-0.1, -0.05) is 28.8 Å². The molecule has 0 aliphatic heterocycles. The van der Waals surface area contributed by atoms with Crippen LogP contribution in [0.3, 0.4) is 0 Å². The Morgan fingerprint density at radius 1 is 1.28 bits per heavy atom. The van der Waals surface area contributed by atoms with Crippen LogP contribution >= 0.6 is 15.9 Å². The molecular formula is C13H13BrFN3. The van der Waals surface area contributed by atoms with Crippen LogP contribution in [-0.4, -0.2) is 15.2 Å². The third kappa shape index (κ3) is 2.19. The summed E-state index contributed by atoms with van der Waals surface area (Å²) in [5.41, 5.74) is 0.443. The van der Waals surface area contributed by atoms with Gasteiger partial charge in [0.05, 0.1) is 5.56 Å². The molecule has 1 aliphatic carbocycles. The molecule has 1 aromatic heterocycles. The molecule has 0 bridgehead atoms. The van der Waals surface area contributed by atoms with Crippen molar-refractivity contribution in [2.75, 3.05) is 0 Å². The Bertz CT molecular complexity index is 561. The highest BCUT2D eigenvalue weighted by atomic mass is 79.9. The van der Waals surface area contributed by atoms with Crippen molar-refractivity contribution in [3.05, 3.63) is 34.3 Å². The lowest BCUT2D eigenvalue weighted by Gasteiger charge is -2.02. The van der Waals surface area contributed by atoms with E-state index >= 15 is 0 Å². The summed E-state index contributed by atoms with van der Waals surface area (Å²) in [6.07, 6.45) is 4.79. The highest BCUT2D eigenvalue weighted by Gasteiger charge is 2.21. The summed E-state index contributed by atoms with van der Waals surface area (Å²) < 4.78 is 14.5. The van der Waals surface area contributed by atoms with Crippen molar-refractivity contribution in [3.8, 4) is 11.4 Å². The first-order valence-electron chi connectivity index (χ1n) is 6.12. The van der Waals surface area contributed by atoms with Crippen LogP contribution in [0.15, 0.2) is 22.7 Å². The van der Waals surface area contributed by atoms with E-state index in [-0.39, 0.29) is 5.82 Å². The number of aromatic amines is 1. The van der Waals surface area contributed by atoms with E-state index in [1.807, 2.05) is 0 Å². The number of hydrogen-bond donors (Lipinski definition) is 1. The fraction of sp³-hybridized carbons (Fsp3) is 0.385. The van der Waals surface area contributed by atoms with Gasteiger partial charge < -0.3 is 0 Å². The van der Waals surface area contributed by atoms with E-state index in [2.05, 4.69) is 31.1 Å². The summed E-state index contributed by atoms with van der Waals surface area (Å²) in [6, 6.07) is 4.92. The van der Waals surface area contributed by atoms with E-state index in [4.69, 9.17) is 0 Å². The second kappa shape index (κ2) is 4.80. The number of benzene rings is 1. The van der Waals surface area contributed by atoms with E-state index in [1.165, 1.54) is 18.9 Å². The molecule has 94 valence electrons. The minimum atomic E-state index is -0.304. The first-order chi connectivity index (χ1) is 8.74. The molecule has 1 saturated carbocycles. The maximum atomic E-state index is 13.8. The minimum Gasteiger partial charge on any atom is -0.262 e. The van der Waals surface area contributed by atoms with Crippen molar-refractivity contribution in [3.63, 3.8) is 0 Å². The Labute approximate surface area is 113 Å². The number of aromatic nitrogens is 3. The molecule has 1 heterocycles. The fourth-order valence-corrected chi connectivity index (χ4v) is 2.78. The Hall–Kier alpha value is -1.23. The third-order valence-corrected chi connectivity index (χ3v) is 3.91. The summed E-state index contributed by atoms with van der Waals surface area (Å²) in [4.78, 5) is 4.43. The SMILES string of the molecule is Fc1cc(Br)ccc1-c1n[nH]c(C2CCCC2)n1. The van der Waals surface area contributed by atoms with Gasteiger partial charge in [-0.05, 0) is 31.0 Å². The summed E-state index contributed by atoms with van der Waals surface area (Å²) in [6.45, 7) is 0. The van der Waals surface area contributed by atoms with Crippen LogP contribution in [0.25, 0.3) is 11.4 Å². The monoisotopic (exact) mass is 309 g/mol. The maximum Gasteiger partial charge on any atom is 0.184 e. The van der Waals surface area contributed by atoms with Gasteiger partial charge in [-0.15, -0.1) is 0 Å². The predicted octanol–water partition coefficient (Wildman–Crippen LogP) is 4.03. The van der Waals surface area contributed by atoms with Crippen molar-refractivity contribution in [2.24, 2.45) is 0 Å². The number of halogens is 2. The van der Waals surface area contributed by atoms with Gasteiger partial charge in [0.2, 0.25) is 0 Å². The van der Waals surface area contributed by atoms with Gasteiger partial charge in [0.25, 0.3) is 0 Å². The van der Waals surface area contributed by atoms with Crippen molar-refractivity contribution in [2.45, 2.75) is 31.6 Å². The molecule has 1 aromatic carbocycles. The minimum absolute atomic E-state index is 0.304. The Morgan fingerprint density at radius 2 is 2.06 bits per heavy atom. The zero-order chi connectivity index (χ0) is 12.5. The molecule has 0 unspecified atom stereocenters. The van der Waals surface area contributed by atoms with Crippen LogP contribution in [0.5, 0.6) is 0 Å². The first-order valence-corrected chi connectivity index (χ1v) is 6.91. The molecule has 0 radical (unpaired) electrons. The largest absolute Gasteiger partial charge is 0.262 e. The maximum absolute atomic E-state index is 13.8. The zero-order valence-electron chi connectivity index (χ0n) is 9.79. The van der Waals surface area contributed by atoms with Crippen LogP contribution in [-0.2, 0) is 0 Å². The lowest BCUT2D eigenvalue weighted by molar-refractivity contribution is 0.629. The van der Waals surface area contributed by atoms with E-state index in [1.54, 1.807) is 12.1 Å². The molecule has 3 nitrogen and oxygen atoms in total. The molecule has 2 aromatic rings. The van der Waals surface area contributed by atoms with Crippen LogP contribution in [0.4, 0.5) is 4.39 Å². The Morgan fingerprint density at radius 3 is 2.78 bits per heavy atom. The van der Waals surface area contributed by atoms with E-state index in [0.29, 0.717) is 17.3 Å². The molecule has 1 N–H and O–H groups in total. The quantitative estimate of drug-likeness (QED) is 0.910. The third-order valence-electron chi connectivity index (χ3n) is 3.42. The highest BCUT2D eigenvalue weighted by molar-refractivity contribution is 9.10. The standard InChI is InChI=1S/C13H13BrFN3/c14-9-5-6-10(11(15)7-9)13-16-12(17-18-13)8-3-1-2-4-8/h5-8H,1-4H2,(H,16,17,18). The van der Waals surface area contributed by atoms with Gasteiger partial charge in [-0.2, -0.15) is 5.10 Å². The molecule has 3 rings (SSSR count). The molecule has 0 amide bonds. The summed E-state index contributed by atoms with van der Waals surface area (Å²) in [5, 5.41) is 7.08. The average molecular weight is 310 g/mol. The molecule has 0 saturated heterocycles. The highest BCUT2D eigenvalue weighted by Crippen LogP contribution is 2.33. The lowest BCUT2D eigenvalue weighted by Crippen LogP contribution is -1.94. The van der Waals surface area contributed by atoms with Crippen LogP contribution < -0.4 is 0 Å². The molecule has 0 spiro atoms. The number of nitrogens with zero attached hydrogens (tertiary/aromatic N) is 2. The van der Waals surface area contributed by atoms with Crippen molar-refractivity contribution < 1.29 is 4.39 Å². The van der Waals surface area contributed by atoms with Crippen LogP contribution in [0, 0.1) is 5.82 Å². The number of H-pyrrole nitrogens is 1. The van der Waals surface area contributed by atoms with Gasteiger partial charge >= 0.3 is 0 Å². The smallest absolute Gasteiger partial charge is 0.184 e. The fourth-order valence-electron chi connectivity index (χ4n) is 2.45. The Balaban J connectivity index is 1.92. The first kappa shape index (κ1) is 11.8. The number of hydrogen-bond acceptors (Lipinski definition) is 2. The van der Waals surface area contributed by atoms with E-state index < -0.39 is 0 Å². The molecule has 0 atom stereocenters. The van der Waals surface area contributed by atoms with Gasteiger partial charge in [0.15, 0.2) is 5.82 Å². The number of nitrogens with one attached hydrogen (secondary N) is 1. The lowest BCUT2D eigenvalue weighted by atomic mass is 10.1. The molecule has 1 fully saturated rings. The summed E-state index contributed by atoms with van der Waals surface area (Å²) >= 11 is 3.24. The van der Waals surface area contributed by atoms with Gasteiger partial charge in [0.1, 0.15) is 11.6 Å². The molecule has 18 heavy (non-hydrogen) atoms. The van der Waals surface area contributed by atoms with Crippen LogP contribution in [0.1, 0.15) is 37.4 Å². The van der Waals surface area contributed by atoms with Crippen molar-refractivity contribution in [1.82, 2.24) is 15.2 Å². The second-order valence-electron chi connectivity index (χ2n) is 4.65. The summed E-state index contributed by atoms with van der Waals surface area (Å²) in [5.74, 6) is 1.50. The molecular weight excluding hydrogens is 297 g/mol. The average Bonchev–Trinajstić information content (AvgIpc) is 2.99. The zero-order valence-corrected chi connectivity index (χ0v) is 11.4. The van der Waals surface area contributed by atoms with Gasteiger partial charge in [-0.3, -0.25) is 5.10 Å². The Kier molecular flexibility index (Phi) is 3.16. The van der Waals surface area contributed by atoms with Gasteiger partial charge in [0, 0.05) is 10.4 Å². The van der Waals surface area contributed by atoms with Crippen LogP contribution in [0.2, 0.25) is 0 Å². The summed E-state index contributed by atoms with van der Waals surface area (Å²) in [7, 11) is 0. The number of rotatable bonds is 2. The van der Waals surface area contributed by atoms with E-state index in [9.17, 15) is 4.39 Å². The molecule has 5 heteroatoms. The van der Waals surface area contributed by atoms with E-state index in [0.717, 1.165) is 23.1 Å². The second-order valence-corrected chi connectivity index (χ2v) is 5.57. The topological polar surface area (TPSA) is 41.6 Å². The normalized spacial score (nSPS) is 16.3.